The van der Waals surface area contributed by atoms with Gasteiger partial charge in [-0.25, -0.2) is 13.1 Å². The van der Waals surface area contributed by atoms with E-state index in [9.17, 15) is 13.2 Å². The van der Waals surface area contributed by atoms with Gasteiger partial charge in [-0.3, -0.25) is 4.79 Å². The Morgan fingerprint density at radius 2 is 1.68 bits per heavy atom. The number of hydrogen-bond acceptors (Lipinski definition) is 6. The van der Waals surface area contributed by atoms with Gasteiger partial charge in [-0.05, 0) is 54.3 Å². The highest BCUT2D eigenvalue weighted by molar-refractivity contribution is 7.89. The van der Waals surface area contributed by atoms with E-state index in [1.54, 1.807) is 14.2 Å². The highest BCUT2D eigenvalue weighted by Gasteiger charge is 2.14. The molecule has 0 aromatic heterocycles. The lowest BCUT2D eigenvalue weighted by atomic mass is 10.1. The van der Waals surface area contributed by atoms with Gasteiger partial charge in [0.2, 0.25) is 10.0 Å². The number of ether oxygens (including phenoxy) is 3. The van der Waals surface area contributed by atoms with Gasteiger partial charge in [0.25, 0.3) is 5.91 Å². The van der Waals surface area contributed by atoms with Crippen molar-refractivity contribution in [2.45, 2.75) is 25.2 Å². The summed E-state index contributed by atoms with van der Waals surface area (Å²) in [4.78, 5) is 12.2. The van der Waals surface area contributed by atoms with Crippen LogP contribution >= 0.6 is 0 Å². The first-order chi connectivity index (χ1) is 14.7. The van der Waals surface area contributed by atoms with E-state index in [4.69, 9.17) is 14.2 Å². The van der Waals surface area contributed by atoms with Crippen LogP contribution in [0.15, 0.2) is 47.4 Å². The number of carbonyl (C=O) groups is 1. The SMILES string of the molecule is COc1ccc(CCNC(=O)COc2ccc(S(=O)(=O)NCC(C)C)cc2)cc1OC. The van der Waals surface area contributed by atoms with Crippen molar-refractivity contribution in [1.82, 2.24) is 10.0 Å². The number of amides is 1. The molecule has 0 radical (unpaired) electrons. The number of hydrogen-bond donors (Lipinski definition) is 2. The Labute approximate surface area is 184 Å². The monoisotopic (exact) mass is 450 g/mol. The Morgan fingerprint density at radius 3 is 2.29 bits per heavy atom. The first kappa shape index (κ1) is 24.5. The van der Waals surface area contributed by atoms with Gasteiger partial charge in [-0.15, -0.1) is 0 Å². The molecule has 0 aliphatic carbocycles. The molecule has 0 saturated heterocycles. The second-order valence-corrected chi connectivity index (χ2v) is 9.06. The topological polar surface area (TPSA) is 103 Å². The maximum absolute atomic E-state index is 12.2. The molecule has 2 aromatic rings. The molecule has 9 heteroatoms. The molecule has 0 atom stereocenters. The fourth-order valence-corrected chi connectivity index (χ4v) is 3.87. The number of nitrogens with one attached hydrogen (secondary N) is 2. The van der Waals surface area contributed by atoms with E-state index in [0.29, 0.717) is 36.8 Å². The minimum atomic E-state index is -3.55. The molecule has 0 aliphatic rings. The smallest absolute Gasteiger partial charge is 0.257 e. The zero-order valence-corrected chi connectivity index (χ0v) is 19.1. The van der Waals surface area contributed by atoms with Crippen LogP contribution in [-0.4, -0.2) is 48.2 Å². The van der Waals surface area contributed by atoms with Crippen molar-refractivity contribution in [3.63, 3.8) is 0 Å². The third kappa shape index (κ3) is 7.76. The van der Waals surface area contributed by atoms with Crippen LogP contribution in [0.1, 0.15) is 19.4 Å². The average molecular weight is 451 g/mol. The molecular formula is C22H30N2O6S. The Kier molecular flexibility index (Phi) is 9.14. The van der Waals surface area contributed by atoms with Crippen molar-refractivity contribution < 1.29 is 27.4 Å². The normalized spacial score (nSPS) is 11.3. The van der Waals surface area contributed by atoms with Crippen molar-refractivity contribution >= 4 is 15.9 Å². The first-order valence-electron chi connectivity index (χ1n) is 9.95. The van der Waals surface area contributed by atoms with Gasteiger partial charge in [0.05, 0.1) is 19.1 Å². The molecule has 2 aromatic carbocycles. The van der Waals surface area contributed by atoms with Crippen LogP contribution in [0.25, 0.3) is 0 Å². The van der Waals surface area contributed by atoms with Crippen molar-refractivity contribution in [3.05, 3.63) is 48.0 Å². The number of sulfonamides is 1. The molecule has 0 fully saturated rings. The molecule has 0 aliphatic heterocycles. The van der Waals surface area contributed by atoms with E-state index in [1.807, 2.05) is 32.0 Å². The van der Waals surface area contributed by atoms with E-state index in [-0.39, 0.29) is 23.3 Å². The minimum absolute atomic E-state index is 0.153. The molecule has 1 amide bonds. The summed E-state index contributed by atoms with van der Waals surface area (Å²) in [5.41, 5.74) is 1.00. The predicted molar refractivity (Wildman–Crippen MR) is 118 cm³/mol. The summed E-state index contributed by atoms with van der Waals surface area (Å²) in [6.45, 7) is 4.50. The summed E-state index contributed by atoms with van der Waals surface area (Å²) in [5.74, 6) is 1.65. The number of methoxy groups -OCH3 is 2. The maximum Gasteiger partial charge on any atom is 0.257 e. The van der Waals surface area contributed by atoms with Crippen molar-refractivity contribution in [1.29, 1.82) is 0 Å². The van der Waals surface area contributed by atoms with Crippen molar-refractivity contribution in [2.75, 3.05) is 33.9 Å². The summed E-state index contributed by atoms with van der Waals surface area (Å²) in [6, 6.07) is 11.6. The summed E-state index contributed by atoms with van der Waals surface area (Å²) in [5, 5.41) is 2.79. The molecule has 8 nitrogen and oxygen atoms in total. The average Bonchev–Trinajstić information content (AvgIpc) is 2.76. The molecule has 0 saturated carbocycles. The fraction of sp³-hybridized carbons (Fsp3) is 0.409. The van der Waals surface area contributed by atoms with Gasteiger partial charge in [0.1, 0.15) is 5.75 Å². The second-order valence-electron chi connectivity index (χ2n) is 7.30. The minimum Gasteiger partial charge on any atom is -0.493 e. The summed E-state index contributed by atoms with van der Waals surface area (Å²) in [6.07, 6.45) is 0.627. The Balaban J connectivity index is 1.78. The van der Waals surface area contributed by atoms with Gasteiger partial charge in [0, 0.05) is 13.1 Å². The van der Waals surface area contributed by atoms with Crippen LogP contribution in [-0.2, 0) is 21.2 Å². The zero-order chi connectivity index (χ0) is 22.9. The molecule has 0 unspecified atom stereocenters. The lowest BCUT2D eigenvalue weighted by molar-refractivity contribution is -0.123. The number of benzene rings is 2. The Hall–Kier alpha value is -2.78. The quantitative estimate of drug-likeness (QED) is 0.515. The van der Waals surface area contributed by atoms with E-state index >= 15 is 0 Å². The van der Waals surface area contributed by atoms with Gasteiger partial charge in [-0.2, -0.15) is 0 Å². The standard InChI is InChI=1S/C22H30N2O6S/c1-16(2)14-24-31(26,27)19-8-6-18(7-9-19)30-15-22(25)23-12-11-17-5-10-20(28-3)21(13-17)29-4/h5-10,13,16,24H,11-12,14-15H2,1-4H3,(H,23,25). The third-order valence-corrected chi connectivity index (χ3v) is 5.81. The van der Waals surface area contributed by atoms with Gasteiger partial charge in [-0.1, -0.05) is 19.9 Å². The highest BCUT2D eigenvalue weighted by Crippen LogP contribution is 2.27. The molecule has 2 rings (SSSR count). The Morgan fingerprint density at radius 1 is 1.00 bits per heavy atom. The van der Waals surface area contributed by atoms with E-state index in [0.717, 1.165) is 5.56 Å². The summed E-state index contributed by atoms with van der Waals surface area (Å²) >= 11 is 0. The molecule has 0 spiro atoms. The predicted octanol–water partition coefficient (Wildman–Crippen LogP) is 2.38. The number of carbonyl (C=O) groups excluding carboxylic acids is 1. The van der Waals surface area contributed by atoms with Gasteiger partial charge in [0.15, 0.2) is 18.1 Å². The van der Waals surface area contributed by atoms with Crippen molar-refractivity contribution in [3.8, 4) is 17.2 Å². The van der Waals surface area contributed by atoms with E-state index in [1.165, 1.54) is 24.3 Å². The molecule has 0 bridgehead atoms. The molecule has 170 valence electrons. The maximum atomic E-state index is 12.2. The first-order valence-corrected chi connectivity index (χ1v) is 11.4. The van der Waals surface area contributed by atoms with E-state index in [2.05, 4.69) is 10.0 Å². The van der Waals surface area contributed by atoms with Crippen LogP contribution in [0.5, 0.6) is 17.2 Å². The van der Waals surface area contributed by atoms with Crippen LogP contribution in [0, 0.1) is 5.92 Å². The van der Waals surface area contributed by atoms with E-state index < -0.39 is 10.0 Å². The number of rotatable bonds is 12. The van der Waals surface area contributed by atoms with Crippen LogP contribution in [0.4, 0.5) is 0 Å². The summed E-state index contributed by atoms with van der Waals surface area (Å²) in [7, 11) is -0.401. The fourth-order valence-electron chi connectivity index (χ4n) is 2.66. The molecule has 0 heterocycles. The zero-order valence-electron chi connectivity index (χ0n) is 18.3. The lowest BCUT2D eigenvalue weighted by Crippen LogP contribution is -2.30. The van der Waals surface area contributed by atoms with Crippen molar-refractivity contribution in [2.24, 2.45) is 5.92 Å². The molecule has 2 N–H and O–H groups in total. The van der Waals surface area contributed by atoms with Gasteiger partial charge >= 0.3 is 0 Å². The highest BCUT2D eigenvalue weighted by atomic mass is 32.2. The Bertz CT molecular complexity index is 958. The summed E-state index contributed by atoms with van der Waals surface area (Å²) < 4.78 is 42.9. The third-order valence-electron chi connectivity index (χ3n) is 4.37. The van der Waals surface area contributed by atoms with Crippen LogP contribution < -0.4 is 24.2 Å². The second kappa shape index (κ2) is 11.6. The van der Waals surface area contributed by atoms with Gasteiger partial charge < -0.3 is 19.5 Å². The lowest BCUT2D eigenvalue weighted by Gasteiger charge is -2.11. The van der Waals surface area contributed by atoms with Crippen LogP contribution in [0.3, 0.4) is 0 Å². The largest absolute Gasteiger partial charge is 0.493 e. The van der Waals surface area contributed by atoms with Crippen LogP contribution in [0.2, 0.25) is 0 Å². The molecule has 31 heavy (non-hydrogen) atoms. The molecular weight excluding hydrogens is 420 g/mol.